The van der Waals surface area contributed by atoms with Gasteiger partial charge in [-0.1, -0.05) is 29.3 Å². The Morgan fingerprint density at radius 3 is 2.62 bits per heavy atom. The van der Waals surface area contributed by atoms with Crippen molar-refractivity contribution in [3.05, 3.63) is 46.5 Å². The number of hydrogen-bond donors (Lipinski definition) is 1. The highest BCUT2D eigenvalue weighted by Gasteiger charge is 2.34. The second kappa shape index (κ2) is 6.96. The second-order valence-electron chi connectivity index (χ2n) is 4.85. The van der Waals surface area contributed by atoms with Crippen LogP contribution in [0.5, 0.6) is 0 Å². The number of nitrogens with zero attached hydrogens (tertiary/aromatic N) is 1. The zero-order chi connectivity index (χ0) is 15.4. The summed E-state index contributed by atoms with van der Waals surface area (Å²) in [6.45, 7) is 4.50. The van der Waals surface area contributed by atoms with E-state index in [0.717, 1.165) is 6.42 Å². The van der Waals surface area contributed by atoms with E-state index in [9.17, 15) is 9.59 Å². The monoisotopic (exact) mass is 326 g/mol. The average Bonchev–Trinajstić information content (AvgIpc) is 2.92. The first kappa shape index (κ1) is 15.9. The average molecular weight is 327 g/mol. The third-order valence-electron chi connectivity index (χ3n) is 3.35. The van der Waals surface area contributed by atoms with Gasteiger partial charge in [0, 0.05) is 28.7 Å². The highest BCUT2D eigenvalue weighted by molar-refractivity contribution is 6.35. The van der Waals surface area contributed by atoms with Crippen molar-refractivity contribution in [1.29, 1.82) is 0 Å². The maximum Gasteiger partial charge on any atom is 0.254 e. The molecule has 1 saturated heterocycles. The SMILES string of the molecule is C=CCNC(=O)[C@@H]1CCCN1C(=O)c1cc(Cl)cc(Cl)c1. The standard InChI is InChI=1S/C15H16Cl2N2O2/c1-2-5-18-14(20)13-4-3-6-19(13)15(21)10-7-11(16)9-12(17)8-10/h2,7-9,13H,1,3-6H2,(H,18,20)/t13-/m0/s1. The van der Waals surface area contributed by atoms with E-state index in [4.69, 9.17) is 23.2 Å². The molecule has 1 fully saturated rings. The molecular weight excluding hydrogens is 311 g/mol. The zero-order valence-corrected chi connectivity index (χ0v) is 13.0. The van der Waals surface area contributed by atoms with Crippen LogP contribution >= 0.6 is 23.2 Å². The summed E-state index contributed by atoms with van der Waals surface area (Å²) in [6.07, 6.45) is 3.06. The lowest BCUT2D eigenvalue weighted by molar-refractivity contribution is -0.124. The van der Waals surface area contributed by atoms with E-state index in [1.807, 2.05) is 0 Å². The van der Waals surface area contributed by atoms with Crippen molar-refractivity contribution in [3.8, 4) is 0 Å². The van der Waals surface area contributed by atoms with Crippen LogP contribution in [0.1, 0.15) is 23.2 Å². The number of hydrogen-bond acceptors (Lipinski definition) is 2. The molecule has 0 spiro atoms. The molecule has 112 valence electrons. The molecule has 0 radical (unpaired) electrons. The van der Waals surface area contributed by atoms with Gasteiger partial charge in [-0.05, 0) is 31.0 Å². The van der Waals surface area contributed by atoms with Crippen molar-refractivity contribution in [2.24, 2.45) is 0 Å². The maximum absolute atomic E-state index is 12.5. The first-order valence-electron chi connectivity index (χ1n) is 6.68. The largest absolute Gasteiger partial charge is 0.351 e. The quantitative estimate of drug-likeness (QED) is 0.865. The molecule has 1 heterocycles. The first-order chi connectivity index (χ1) is 10.0. The molecule has 0 saturated carbocycles. The normalized spacial score (nSPS) is 17.6. The van der Waals surface area contributed by atoms with Crippen LogP contribution in [0.4, 0.5) is 0 Å². The molecule has 0 aliphatic carbocycles. The maximum atomic E-state index is 12.5. The first-order valence-corrected chi connectivity index (χ1v) is 7.44. The molecule has 1 N–H and O–H groups in total. The minimum atomic E-state index is -0.449. The highest BCUT2D eigenvalue weighted by atomic mass is 35.5. The fourth-order valence-electron chi connectivity index (χ4n) is 2.42. The lowest BCUT2D eigenvalue weighted by Gasteiger charge is -2.24. The Morgan fingerprint density at radius 1 is 1.33 bits per heavy atom. The fourth-order valence-corrected chi connectivity index (χ4v) is 2.94. The Bertz CT molecular complexity index is 555. The lowest BCUT2D eigenvalue weighted by atomic mass is 10.1. The van der Waals surface area contributed by atoms with E-state index in [2.05, 4.69) is 11.9 Å². The Labute approximate surface area is 133 Å². The molecule has 0 unspecified atom stereocenters. The van der Waals surface area contributed by atoms with E-state index in [1.54, 1.807) is 29.2 Å². The number of benzene rings is 1. The van der Waals surface area contributed by atoms with Gasteiger partial charge in [0.25, 0.3) is 5.91 Å². The van der Waals surface area contributed by atoms with Gasteiger partial charge in [-0.2, -0.15) is 0 Å². The van der Waals surface area contributed by atoms with Gasteiger partial charge >= 0.3 is 0 Å². The molecule has 6 heteroatoms. The van der Waals surface area contributed by atoms with Crippen molar-refractivity contribution < 1.29 is 9.59 Å². The fraction of sp³-hybridized carbons (Fsp3) is 0.333. The Hall–Kier alpha value is -1.52. The second-order valence-corrected chi connectivity index (χ2v) is 5.72. The molecule has 2 rings (SSSR count). The van der Waals surface area contributed by atoms with Crippen LogP contribution in [0.2, 0.25) is 10.0 Å². The molecule has 0 aromatic heterocycles. The van der Waals surface area contributed by atoms with Gasteiger partial charge < -0.3 is 10.2 Å². The number of likely N-dealkylation sites (tertiary alicyclic amines) is 1. The Balaban J connectivity index is 2.17. The summed E-state index contributed by atoms with van der Waals surface area (Å²) in [7, 11) is 0. The summed E-state index contributed by atoms with van der Waals surface area (Å²) < 4.78 is 0. The number of nitrogens with one attached hydrogen (secondary N) is 1. The van der Waals surface area contributed by atoms with Crippen LogP contribution in [0.15, 0.2) is 30.9 Å². The molecule has 1 aliphatic rings. The highest BCUT2D eigenvalue weighted by Crippen LogP contribution is 2.24. The summed E-state index contributed by atoms with van der Waals surface area (Å²) in [5.74, 6) is -0.385. The van der Waals surface area contributed by atoms with Crippen molar-refractivity contribution in [2.75, 3.05) is 13.1 Å². The summed E-state index contributed by atoms with van der Waals surface area (Å²) in [4.78, 5) is 26.2. The lowest BCUT2D eigenvalue weighted by Crippen LogP contribution is -2.46. The number of amides is 2. The molecule has 4 nitrogen and oxygen atoms in total. The summed E-state index contributed by atoms with van der Waals surface area (Å²) >= 11 is 11.8. The molecular formula is C15H16Cl2N2O2. The van der Waals surface area contributed by atoms with Crippen molar-refractivity contribution in [2.45, 2.75) is 18.9 Å². The van der Waals surface area contributed by atoms with E-state index in [-0.39, 0.29) is 11.8 Å². The van der Waals surface area contributed by atoms with Crippen molar-refractivity contribution in [3.63, 3.8) is 0 Å². The third-order valence-corrected chi connectivity index (χ3v) is 3.78. The number of carbonyl (C=O) groups excluding carboxylic acids is 2. The van der Waals surface area contributed by atoms with Crippen LogP contribution in [-0.2, 0) is 4.79 Å². The van der Waals surface area contributed by atoms with Gasteiger partial charge in [-0.15, -0.1) is 6.58 Å². The Kier molecular flexibility index (Phi) is 5.26. The molecule has 1 aromatic carbocycles. The summed E-state index contributed by atoms with van der Waals surface area (Å²) in [5.41, 5.74) is 0.399. The van der Waals surface area contributed by atoms with Crippen LogP contribution in [-0.4, -0.2) is 35.8 Å². The van der Waals surface area contributed by atoms with Gasteiger partial charge in [0.2, 0.25) is 5.91 Å². The molecule has 1 aromatic rings. The van der Waals surface area contributed by atoms with Crippen LogP contribution in [0.3, 0.4) is 0 Å². The van der Waals surface area contributed by atoms with Crippen LogP contribution < -0.4 is 5.32 Å². The van der Waals surface area contributed by atoms with E-state index in [0.29, 0.717) is 35.1 Å². The van der Waals surface area contributed by atoms with E-state index < -0.39 is 6.04 Å². The molecule has 0 bridgehead atoms. The predicted octanol–water partition coefficient (Wildman–Crippen LogP) is 2.90. The Morgan fingerprint density at radius 2 is 2.00 bits per heavy atom. The minimum absolute atomic E-state index is 0.158. The number of rotatable bonds is 4. The van der Waals surface area contributed by atoms with Gasteiger partial charge in [0.15, 0.2) is 0 Å². The van der Waals surface area contributed by atoms with Gasteiger partial charge in [0.1, 0.15) is 6.04 Å². The van der Waals surface area contributed by atoms with Gasteiger partial charge in [-0.25, -0.2) is 0 Å². The minimum Gasteiger partial charge on any atom is -0.351 e. The molecule has 1 atom stereocenters. The van der Waals surface area contributed by atoms with Gasteiger partial charge in [0.05, 0.1) is 0 Å². The van der Waals surface area contributed by atoms with E-state index in [1.165, 1.54) is 0 Å². The van der Waals surface area contributed by atoms with E-state index >= 15 is 0 Å². The zero-order valence-electron chi connectivity index (χ0n) is 11.4. The van der Waals surface area contributed by atoms with Crippen molar-refractivity contribution in [1.82, 2.24) is 10.2 Å². The molecule has 2 amide bonds. The predicted molar refractivity (Wildman–Crippen MR) is 83.7 cm³/mol. The number of carbonyl (C=O) groups is 2. The summed E-state index contributed by atoms with van der Waals surface area (Å²) in [6, 6.07) is 4.24. The van der Waals surface area contributed by atoms with Gasteiger partial charge in [-0.3, -0.25) is 9.59 Å². The third kappa shape index (κ3) is 3.77. The molecule has 1 aliphatic heterocycles. The number of halogens is 2. The van der Waals surface area contributed by atoms with Crippen LogP contribution in [0, 0.1) is 0 Å². The smallest absolute Gasteiger partial charge is 0.254 e. The van der Waals surface area contributed by atoms with Crippen LogP contribution in [0.25, 0.3) is 0 Å². The summed E-state index contributed by atoms with van der Waals surface area (Å²) in [5, 5.41) is 3.53. The topological polar surface area (TPSA) is 49.4 Å². The molecule has 21 heavy (non-hydrogen) atoms. The van der Waals surface area contributed by atoms with Crippen molar-refractivity contribution >= 4 is 35.0 Å².